The third kappa shape index (κ3) is 7.25. The zero-order valence-corrected chi connectivity index (χ0v) is 22.0. The Kier molecular flexibility index (Phi) is 9.15. The van der Waals surface area contributed by atoms with Crippen LogP contribution in [0.5, 0.6) is 0 Å². The van der Waals surface area contributed by atoms with E-state index in [4.69, 9.17) is 23.7 Å². The monoisotopic (exact) mass is 552 g/mol. The molecule has 0 saturated carbocycles. The minimum Gasteiger partial charge on any atom is -0.458 e. The molecule has 1 fully saturated rings. The van der Waals surface area contributed by atoms with Crippen LogP contribution in [-0.4, -0.2) is 49.4 Å². The van der Waals surface area contributed by atoms with Crippen LogP contribution >= 0.6 is 0 Å². The first kappa shape index (κ1) is 27.8. The highest BCUT2D eigenvalue weighted by molar-refractivity contribution is 5.90. The van der Waals surface area contributed by atoms with E-state index in [1.54, 1.807) is 91.0 Å². The van der Waals surface area contributed by atoms with Crippen LogP contribution in [0.15, 0.2) is 121 Å². The Morgan fingerprint density at radius 1 is 0.659 bits per heavy atom. The lowest BCUT2D eigenvalue weighted by Crippen LogP contribution is -2.52. The van der Waals surface area contributed by atoms with Crippen LogP contribution in [0, 0.1) is 0 Å². The second-order valence-corrected chi connectivity index (χ2v) is 9.26. The minimum atomic E-state index is -1.14. The summed E-state index contributed by atoms with van der Waals surface area (Å²) in [5.41, 5.74) is 1.70. The number of carbonyl (C=O) groups excluding carboxylic acids is 3. The normalized spacial score (nSPS) is 19.0. The summed E-state index contributed by atoms with van der Waals surface area (Å²) in [6, 6.07) is 34.6. The van der Waals surface area contributed by atoms with Crippen LogP contribution < -0.4 is 0 Å². The van der Waals surface area contributed by atoms with E-state index in [2.05, 4.69) is 0 Å². The second-order valence-electron chi connectivity index (χ2n) is 9.26. The molecule has 1 aliphatic heterocycles. The molecule has 41 heavy (non-hydrogen) atoms. The van der Waals surface area contributed by atoms with Gasteiger partial charge in [-0.3, -0.25) is 0 Å². The Labute approximate surface area is 237 Å². The van der Waals surface area contributed by atoms with Crippen molar-refractivity contribution in [1.82, 2.24) is 0 Å². The first-order valence-corrected chi connectivity index (χ1v) is 13.1. The van der Waals surface area contributed by atoms with Gasteiger partial charge in [-0.15, -0.1) is 0 Å². The van der Waals surface area contributed by atoms with Crippen molar-refractivity contribution in [3.8, 4) is 0 Å². The zero-order valence-electron chi connectivity index (χ0n) is 22.0. The molecule has 4 atom stereocenters. The highest BCUT2D eigenvalue weighted by atomic mass is 16.7. The van der Waals surface area contributed by atoms with Crippen LogP contribution in [0.2, 0.25) is 0 Å². The smallest absolute Gasteiger partial charge is 0.338 e. The Balaban J connectivity index is 1.43. The Bertz CT molecular complexity index is 1430. The molecule has 208 valence electrons. The van der Waals surface area contributed by atoms with E-state index in [1.807, 2.05) is 30.3 Å². The predicted octanol–water partition coefficient (Wildman–Crippen LogP) is 5.41. The Morgan fingerprint density at radius 3 is 1.71 bits per heavy atom. The van der Waals surface area contributed by atoms with Crippen LogP contribution in [0.25, 0.3) is 0 Å². The van der Waals surface area contributed by atoms with Gasteiger partial charge in [0.2, 0.25) is 0 Å². The predicted molar refractivity (Wildman–Crippen MR) is 148 cm³/mol. The van der Waals surface area contributed by atoms with Crippen molar-refractivity contribution in [1.29, 1.82) is 0 Å². The highest BCUT2D eigenvalue weighted by Gasteiger charge is 2.43. The summed E-state index contributed by atoms with van der Waals surface area (Å²) in [5.74, 6) is -1.85. The molecule has 5 rings (SSSR count). The first-order valence-electron chi connectivity index (χ1n) is 13.1. The van der Waals surface area contributed by atoms with E-state index < -0.39 is 42.5 Å². The molecule has 0 N–H and O–H groups in total. The molecule has 8 heteroatoms. The first-order chi connectivity index (χ1) is 20.1. The van der Waals surface area contributed by atoms with Gasteiger partial charge in [0.1, 0.15) is 12.7 Å². The molecule has 4 unspecified atom stereocenters. The highest BCUT2D eigenvalue weighted by Crippen LogP contribution is 2.31. The molecule has 1 aliphatic rings. The lowest BCUT2D eigenvalue weighted by atomic mass is 10.1. The maximum Gasteiger partial charge on any atom is 0.338 e. The van der Waals surface area contributed by atoms with E-state index >= 15 is 0 Å². The van der Waals surface area contributed by atoms with E-state index in [1.165, 1.54) is 0 Å². The average Bonchev–Trinajstić information content (AvgIpc) is 3.04. The maximum absolute atomic E-state index is 13.2. The largest absolute Gasteiger partial charge is 0.458 e. The van der Waals surface area contributed by atoms with Gasteiger partial charge < -0.3 is 23.7 Å². The molecule has 0 aliphatic carbocycles. The summed E-state index contributed by atoms with van der Waals surface area (Å²) in [4.78, 5) is 39.0. The molecule has 4 aromatic carbocycles. The topological polar surface area (TPSA) is 97.4 Å². The zero-order chi connectivity index (χ0) is 28.4. The van der Waals surface area contributed by atoms with Gasteiger partial charge in [-0.2, -0.15) is 0 Å². The van der Waals surface area contributed by atoms with Crippen molar-refractivity contribution < 1.29 is 38.1 Å². The molecule has 1 heterocycles. The van der Waals surface area contributed by atoms with Gasteiger partial charge in [-0.25, -0.2) is 14.4 Å². The summed E-state index contributed by atoms with van der Waals surface area (Å²) in [7, 11) is 0. The molecule has 1 saturated heterocycles. The van der Waals surface area contributed by atoms with Crippen molar-refractivity contribution in [2.75, 3.05) is 13.2 Å². The SMILES string of the molecule is O=C(OCC(OC(=O)c1ccccc1)C1OC(c2ccccc2)OCC1OC(=O)c1ccccc1)c1ccccc1. The van der Waals surface area contributed by atoms with Crippen LogP contribution in [0.4, 0.5) is 0 Å². The van der Waals surface area contributed by atoms with Crippen molar-refractivity contribution in [2.45, 2.75) is 24.6 Å². The lowest BCUT2D eigenvalue weighted by Gasteiger charge is -2.39. The van der Waals surface area contributed by atoms with Gasteiger partial charge in [-0.1, -0.05) is 84.9 Å². The molecule has 8 nitrogen and oxygen atoms in total. The summed E-state index contributed by atoms with van der Waals surface area (Å²) < 4.78 is 29.5. The van der Waals surface area contributed by atoms with Crippen molar-refractivity contribution in [3.63, 3.8) is 0 Å². The van der Waals surface area contributed by atoms with E-state index in [-0.39, 0.29) is 13.2 Å². The van der Waals surface area contributed by atoms with E-state index in [0.717, 1.165) is 5.56 Å². The molecule has 0 aromatic heterocycles. The second kappa shape index (κ2) is 13.5. The summed E-state index contributed by atoms with van der Waals surface area (Å²) >= 11 is 0. The maximum atomic E-state index is 13.2. The third-order valence-electron chi connectivity index (χ3n) is 6.42. The van der Waals surface area contributed by atoms with E-state index in [9.17, 15) is 14.4 Å². The Morgan fingerprint density at radius 2 is 1.15 bits per heavy atom. The number of hydrogen-bond acceptors (Lipinski definition) is 8. The van der Waals surface area contributed by atoms with Crippen molar-refractivity contribution >= 4 is 17.9 Å². The van der Waals surface area contributed by atoms with Crippen LogP contribution in [0.1, 0.15) is 42.9 Å². The number of hydrogen-bond donors (Lipinski definition) is 0. The van der Waals surface area contributed by atoms with Gasteiger partial charge in [0, 0.05) is 5.56 Å². The molecule has 0 radical (unpaired) electrons. The van der Waals surface area contributed by atoms with Gasteiger partial charge >= 0.3 is 17.9 Å². The Hall–Kier alpha value is -4.79. The summed E-state index contributed by atoms with van der Waals surface area (Å²) in [5, 5.41) is 0. The number of ether oxygens (including phenoxy) is 5. The quantitative estimate of drug-likeness (QED) is 0.201. The third-order valence-corrected chi connectivity index (χ3v) is 6.42. The summed E-state index contributed by atoms with van der Waals surface area (Å²) in [6.45, 7) is -0.396. The molecule has 0 bridgehead atoms. The van der Waals surface area contributed by atoms with E-state index in [0.29, 0.717) is 16.7 Å². The lowest BCUT2D eigenvalue weighted by molar-refractivity contribution is -0.276. The fourth-order valence-corrected chi connectivity index (χ4v) is 4.33. The number of rotatable bonds is 9. The molecular weight excluding hydrogens is 524 g/mol. The number of esters is 3. The average molecular weight is 553 g/mol. The summed E-state index contributed by atoms with van der Waals surface area (Å²) in [6.07, 6.45) is -3.99. The van der Waals surface area contributed by atoms with Gasteiger partial charge in [-0.05, 0) is 36.4 Å². The van der Waals surface area contributed by atoms with Crippen LogP contribution in [-0.2, 0) is 23.7 Å². The molecular formula is C33H28O8. The van der Waals surface area contributed by atoms with Crippen molar-refractivity contribution in [2.24, 2.45) is 0 Å². The fraction of sp³-hybridized carbons (Fsp3) is 0.182. The molecule has 0 amide bonds. The number of benzene rings is 4. The van der Waals surface area contributed by atoms with Gasteiger partial charge in [0.15, 0.2) is 18.5 Å². The van der Waals surface area contributed by atoms with Crippen LogP contribution in [0.3, 0.4) is 0 Å². The van der Waals surface area contributed by atoms with Gasteiger partial charge in [0.05, 0.1) is 23.3 Å². The molecule has 4 aromatic rings. The standard InChI is InChI=1S/C33H28O8/c34-30(23-13-5-1-6-14-23)37-21-27(39-31(35)24-15-7-2-8-16-24)29-28(40-32(36)25-17-9-3-10-18-25)22-38-33(41-29)26-19-11-4-12-20-26/h1-20,27-29,33H,21-22H2. The number of carbonyl (C=O) groups is 3. The van der Waals surface area contributed by atoms with Crippen molar-refractivity contribution in [3.05, 3.63) is 144 Å². The fourth-order valence-electron chi connectivity index (χ4n) is 4.33. The molecule has 0 spiro atoms. The minimum absolute atomic E-state index is 0.0468. The van der Waals surface area contributed by atoms with Gasteiger partial charge in [0.25, 0.3) is 0 Å².